The molecular formula is C16H23N5OS. The molecule has 2 aromatic heterocycles. The van der Waals surface area contributed by atoms with Crippen LogP contribution in [-0.2, 0) is 11.3 Å². The molecule has 1 fully saturated rings. The molecule has 23 heavy (non-hydrogen) atoms. The minimum Gasteiger partial charge on any atom is -0.369 e. The zero-order chi connectivity index (χ0) is 16.2. The van der Waals surface area contributed by atoms with E-state index >= 15 is 0 Å². The number of aromatic nitrogens is 3. The summed E-state index contributed by atoms with van der Waals surface area (Å²) in [5, 5.41) is 10.6. The van der Waals surface area contributed by atoms with Gasteiger partial charge in [0.2, 0.25) is 5.91 Å². The predicted molar refractivity (Wildman–Crippen MR) is 91.0 cm³/mol. The maximum Gasteiger partial charge on any atom is 0.221 e. The van der Waals surface area contributed by atoms with E-state index in [0.29, 0.717) is 0 Å². The number of carbonyl (C=O) groups is 1. The monoisotopic (exact) mass is 333 g/mol. The molecule has 0 aliphatic carbocycles. The van der Waals surface area contributed by atoms with Gasteiger partial charge in [-0.05, 0) is 56.3 Å². The third-order valence-corrected chi connectivity index (χ3v) is 5.44. The van der Waals surface area contributed by atoms with Crippen molar-refractivity contribution in [3.05, 3.63) is 23.2 Å². The molecule has 0 radical (unpaired) electrons. The Morgan fingerprint density at radius 2 is 2.35 bits per heavy atom. The highest BCUT2D eigenvalue weighted by molar-refractivity contribution is 7.13. The van der Waals surface area contributed by atoms with Crippen molar-refractivity contribution < 1.29 is 4.79 Å². The SMILES string of the molecule is Cc1ccsc1-c1cn(CCCN2CCC[C@@H](C(N)=O)C2)nn1. The van der Waals surface area contributed by atoms with Gasteiger partial charge in [-0.3, -0.25) is 9.48 Å². The van der Waals surface area contributed by atoms with Crippen molar-refractivity contribution in [2.45, 2.75) is 32.7 Å². The lowest BCUT2D eigenvalue weighted by Crippen LogP contribution is -2.41. The van der Waals surface area contributed by atoms with Gasteiger partial charge in [0.15, 0.2) is 0 Å². The Balaban J connectivity index is 1.49. The van der Waals surface area contributed by atoms with Crippen LogP contribution in [0.2, 0.25) is 0 Å². The topological polar surface area (TPSA) is 77.0 Å². The van der Waals surface area contributed by atoms with Crippen molar-refractivity contribution in [2.75, 3.05) is 19.6 Å². The van der Waals surface area contributed by atoms with Crippen LogP contribution in [0.4, 0.5) is 0 Å². The predicted octanol–water partition coefficient (Wildman–Crippen LogP) is 1.90. The Labute approximate surface area is 140 Å². The lowest BCUT2D eigenvalue weighted by Gasteiger charge is -2.30. The fourth-order valence-electron chi connectivity index (χ4n) is 3.09. The molecule has 2 aromatic rings. The summed E-state index contributed by atoms with van der Waals surface area (Å²) in [6.07, 6.45) is 5.00. The van der Waals surface area contributed by atoms with Crippen molar-refractivity contribution in [3.8, 4) is 10.6 Å². The fourth-order valence-corrected chi connectivity index (χ4v) is 3.97. The van der Waals surface area contributed by atoms with Crippen LogP contribution < -0.4 is 5.73 Å². The van der Waals surface area contributed by atoms with E-state index in [1.807, 2.05) is 10.9 Å². The van der Waals surface area contributed by atoms with Gasteiger partial charge in [-0.25, -0.2) is 0 Å². The molecule has 2 N–H and O–H groups in total. The van der Waals surface area contributed by atoms with Crippen LogP contribution in [0.25, 0.3) is 10.6 Å². The first-order chi connectivity index (χ1) is 11.1. The van der Waals surface area contributed by atoms with Gasteiger partial charge in [-0.2, -0.15) is 0 Å². The van der Waals surface area contributed by atoms with Gasteiger partial charge in [0, 0.05) is 13.1 Å². The molecule has 0 saturated carbocycles. The van der Waals surface area contributed by atoms with Crippen LogP contribution in [0.15, 0.2) is 17.6 Å². The van der Waals surface area contributed by atoms with Crippen LogP contribution in [0.5, 0.6) is 0 Å². The van der Waals surface area contributed by atoms with Gasteiger partial charge in [-0.1, -0.05) is 5.21 Å². The summed E-state index contributed by atoms with van der Waals surface area (Å²) in [6, 6.07) is 2.10. The molecule has 6 nitrogen and oxygen atoms in total. The number of hydrogen-bond acceptors (Lipinski definition) is 5. The number of rotatable bonds is 6. The van der Waals surface area contributed by atoms with E-state index in [-0.39, 0.29) is 11.8 Å². The van der Waals surface area contributed by atoms with E-state index in [1.165, 1.54) is 10.4 Å². The van der Waals surface area contributed by atoms with Crippen LogP contribution >= 0.6 is 11.3 Å². The molecule has 1 amide bonds. The summed E-state index contributed by atoms with van der Waals surface area (Å²) in [7, 11) is 0. The zero-order valence-electron chi connectivity index (χ0n) is 13.4. The Bertz CT molecular complexity index is 665. The van der Waals surface area contributed by atoms with Gasteiger partial charge < -0.3 is 10.6 Å². The maximum atomic E-state index is 11.3. The summed E-state index contributed by atoms with van der Waals surface area (Å²) < 4.78 is 1.91. The zero-order valence-corrected chi connectivity index (χ0v) is 14.3. The molecule has 1 aliphatic rings. The van der Waals surface area contributed by atoms with Crippen LogP contribution in [0.1, 0.15) is 24.8 Å². The molecule has 124 valence electrons. The van der Waals surface area contributed by atoms with Gasteiger partial charge >= 0.3 is 0 Å². The average molecular weight is 333 g/mol. The number of amides is 1. The van der Waals surface area contributed by atoms with Crippen molar-refractivity contribution in [3.63, 3.8) is 0 Å². The molecule has 7 heteroatoms. The quantitative estimate of drug-likeness (QED) is 0.876. The van der Waals surface area contributed by atoms with Crippen LogP contribution in [0, 0.1) is 12.8 Å². The van der Waals surface area contributed by atoms with Gasteiger partial charge in [0.05, 0.1) is 17.0 Å². The molecule has 0 bridgehead atoms. The molecule has 3 rings (SSSR count). The third kappa shape index (κ3) is 3.97. The summed E-state index contributed by atoms with van der Waals surface area (Å²) in [6.45, 7) is 5.76. The third-order valence-electron chi connectivity index (χ3n) is 4.40. The number of nitrogens with two attached hydrogens (primary N) is 1. The Kier molecular flexibility index (Phi) is 5.07. The largest absolute Gasteiger partial charge is 0.369 e. The van der Waals surface area contributed by atoms with Crippen molar-refractivity contribution in [1.82, 2.24) is 19.9 Å². The fraction of sp³-hybridized carbons (Fsp3) is 0.562. The Hall–Kier alpha value is -1.73. The number of thiophene rings is 1. The first-order valence-electron chi connectivity index (χ1n) is 8.10. The maximum absolute atomic E-state index is 11.3. The van der Waals surface area contributed by atoms with E-state index in [4.69, 9.17) is 5.73 Å². The lowest BCUT2D eigenvalue weighted by molar-refractivity contribution is -0.123. The summed E-state index contributed by atoms with van der Waals surface area (Å²) in [5.74, 6) is -0.148. The van der Waals surface area contributed by atoms with Crippen molar-refractivity contribution in [1.29, 1.82) is 0 Å². The first kappa shape index (κ1) is 16.1. The number of nitrogens with zero attached hydrogens (tertiary/aromatic N) is 4. The van der Waals surface area contributed by atoms with Gasteiger partial charge in [0.25, 0.3) is 0 Å². The van der Waals surface area contributed by atoms with Crippen LogP contribution in [0.3, 0.4) is 0 Å². The number of primary amides is 1. The Morgan fingerprint density at radius 1 is 1.48 bits per heavy atom. The molecule has 1 aliphatic heterocycles. The highest BCUT2D eigenvalue weighted by atomic mass is 32.1. The van der Waals surface area contributed by atoms with E-state index in [2.05, 4.69) is 33.6 Å². The summed E-state index contributed by atoms with van der Waals surface area (Å²) in [4.78, 5) is 14.8. The molecule has 3 heterocycles. The molecule has 0 aromatic carbocycles. The van der Waals surface area contributed by atoms with E-state index < -0.39 is 0 Å². The van der Waals surface area contributed by atoms with Gasteiger partial charge in [-0.15, -0.1) is 16.4 Å². The summed E-state index contributed by atoms with van der Waals surface area (Å²) in [5.41, 5.74) is 7.62. The van der Waals surface area contributed by atoms with E-state index in [1.54, 1.807) is 11.3 Å². The normalized spacial score (nSPS) is 19.1. The molecule has 0 unspecified atom stereocenters. The lowest BCUT2D eigenvalue weighted by atomic mass is 9.97. The summed E-state index contributed by atoms with van der Waals surface area (Å²) >= 11 is 1.70. The Morgan fingerprint density at radius 3 is 3.09 bits per heavy atom. The van der Waals surface area contributed by atoms with Crippen molar-refractivity contribution >= 4 is 17.2 Å². The first-order valence-corrected chi connectivity index (χ1v) is 8.97. The average Bonchev–Trinajstić information content (AvgIpc) is 3.16. The van der Waals surface area contributed by atoms with Crippen LogP contribution in [-0.4, -0.2) is 45.4 Å². The molecular weight excluding hydrogens is 310 g/mol. The number of likely N-dealkylation sites (tertiary alicyclic amines) is 1. The number of carbonyl (C=O) groups excluding carboxylic acids is 1. The standard InChI is InChI=1S/C16H23N5OS/c1-12-5-9-23-15(12)14-11-21(19-18-14)8-3-7-20-6-2-4-13(10-20)16(17)22/h5,9,11,13H,2-4,6-8,10H2,1H3,(H2,17,22)/t13-/m1/s1. The number of aryl methyl sites for hydroxylation is 2. The minimum absolute atomic E-state index is 0.0172. The van der Waals surface area contributed by atoms with Gasteiger partial charge in [0.1, 0.15) is 5.69 Å². The smallest absolute Gasteiger partial charge is 0.221 e. The van der Waals surface area contributed by atoms with E-state index in [9.17, 15) is 4.79 Å². The number of hydrogen-bond donors (Lipinski definition) is 1. The number of piperidine rings is 1. The minimum atomic E-state index is -0.165. The second-order valence-corrected chi connectivity index (χ2v) is 7.11. The van der Waals surface area contributed by atoms with E-state index in [0.717, 1.165) is 51.1 Å². The molecule has 0 spiro atoms. The second-order valence-electron chi connectivity index (χ2n) is 6.20. The van der Waals surface area contributed by atoms with Crippen molar-refractivity contribution in [2.24, 2.45) is 11.7 Å². The molecule has 1 saturated heterocycles. The highest BCUT2D eigenvalue weighted by Crippen LogP contribution is 2.26. The highest BCUT2D eigenvalue weighted by Gasteiger charge is 2.23. The molecule has 1 atom stereocenters. The second kappa shape index (κ2) is 7.23.